The lowest BCUT2D eigenvalue weighted by Gasteiger charge is -1.90. The zero-order valence-electron chi connectivity index (χ0n) is 9.80. The van der Waals surface area contributed by atoms with Crippen LogP contribution < -0.4 is 5.73 Å². The topological polar surface area (TPSA) is 112 Å². The maximum atomic E-state index is 10.1. The van der Waals surface area contributed by atoms with Crippen molar-refractivity contribution in [1.82, 2.24) is 0 Å². The van der Waals surface area contributed by atoms with Gasteiger partial charge in [-0.3, -0.25) is 20.2 Å². The van der Waals surface area contributed by atoms with Gasteiger partial charge in [0.2, 0.25) is 0 Å². The zero-order valence-corrected chi connectivity index (χ0v) is 9.80. The van der Waals surface area contributed by atoms with Gasteiger partial charge in [-0.25, -0.2) is 0 Å². The number of nitro benzene ring substituents is 2. The van der Waals surface area contributed by atoms with E-state index in [2.05, 4.69) is 0 Å². The van der Waals surface area contributed by atoms with Crippen LogP contribution in [-0.2, 0) is 0 Å². The minimum absolute atomic E-state index is 0.152. The van der Waals surface area contributed by atoms with Crippen molar-refractivity contribution in [2.45, 2.75) is 0 Å². The Morgan fingerprint density at radius 2 is 1.11 bits per heavy atom. The fourth-order valence-corrected chi connectivity index (χ4v) is 1.15. The quantitative estimate of drug-likeness (QED) is 0.507. The van der Waals surface area contributed by atoms with Gasteiger partial charge in [0.05, 0.1) is 9.85 Å². The number of benzene rings is 2. The molecule has 0 aliphatic heterocycles. The number of non-ortho nitro benzene ring substituents is 2. The Hall–Kier alpha value is -2.96. The first-order valence-electron chi connectivity index (χ1n) is 5.20. The predicted octanol–water partition coefficient (Wildman–Crippen LogP) is 2.77. The molecule has 0 amide bonds. The van der Waals surface area contributed by atoms with E-state index >= 15 is 0 Å². The highest BCUT2D eigenvalue weighted by atomic mass is 16.6. The maximum absolute atomic E-state index is 10.1. The second kappa shape index (κ2) is 6.70. The standard InChI is InChI=1S/C6H4N2O4.C6H7N/c9-7(10)5-1-2-6(4-3-5)8(11)12;7-6-4-2-1-3-5-6/h1-4H;1-5H,7H2. The fourth-order valence-electron chi connectivity index (χ4n) is 1.15. The van der Waals surface area contributed by atoms with Crippen LogP contribution in [0.2, 0.25) is 0 Å². The van der Waals surface area contributed by atoms with Crippen LogP contribution >= 0.6 is 0 Å². The summed E-state index contributed by atoms with van der Waals surface area (Å²) in [5.74, 6) is 0. The molecule has 98 valence electrons. The Kier molecular flexibility index (Phi) is 4.97. The van der Waals surface area contributed by atoms with Crippen molar-refractivity contribution < 1.29 is 9.85 Å². The molecule has 0 aromatic heterocycles. The predicted molar refractivity (Wildman–Crippen MR) is 70.6 cm³/mol. The highest BCUT2D eigenvalue weighted by molar-refractivity contribution is 5.39. The van der Waals surface area contributed by atoms with E-state index in [4.69, 9.17) is 5.73 Å². The first-order chi connectivity index (χ1) is 9.00. The number of rotatable bonds is 2. The van der Waals surface area contributed by atoms with Gasteiger partial charge in [-0.05, 0) is 12.1 Å². The van der Waals surface area contributed by atoms with Gasteiger partial charge >= 0.3 is 0 Å². The van der Waals surface area contributed by atoms with Crippen molar-refractivity contribution in [3.63, 3.8) is 0 Å². The van der Waals surface area contributed by atoms with Crippen LogP contribution in [0, 0.1) is 20.2 Å². The summed E-state index contributed by atoms with van der Waals surface area (Å²) in [4.78, 5) is 19.0. The summed E-state index contributed by atoms with van der Waals surface area (Å²) in [7, 11) is 0. The molecule has 0 unspecified atom stereocenters. The summed E-state index contributed by atoms with van der Waals surface area (Å²) < 4.78 is 0. The first kappa shape index (κ1) is 14.1. The van der Waals surface area contributed by atoms with Crippen molar-refractivity contribution >= 4 is 17.1 Å². The lowest BCUT2D eigenvalue weighted by molar-refractivity contribution is -0.389. The lowest BCUT2D eigenvalue weighted by Crippen LogP contribution is -1.90. The highest BCUT2D eigenvalue weighted by Crippen LogP contribution is 2.16. The van der Waals surface area contributed by atoms with Crippen molar-refractivity contribution in [3.8, 4) is 0 Å². The van der Waals surface area contributed by atoms with Gasteiger partial charge in [-0.15, -0.1) is 0 Å². The van der Waals surface area contributed by atoms with E-state index in [0.29, 0.717) is 0 Å². The zero-order chi connectivity index (χ0) is 14.3. The second-order valence-electron chi connectivity index (χ2n) is 3.44. The Labute approximate surface area is 108 Å². The Balaban J connectivity index is 0.000000218. The smallest absolute Gasteiger partial charge is 0.269 e. The Morgan fingerprint density at radius 3 is 1.32 bits per heavy atom. The van der Waals surface area contributed by atoms with Gasteiger partial charge < -0.3 is 5.73 Å². The van der Waals surface area contributed by atoms with Crippen LogP contribution in [0.5, 0.6) is 0 Å². The molecule has 0 heterocycles. The SMILES string of the molecule is Nc1ccccc1.O=[N+]([O-])c1ccc([N+](=O)[O-])cc1. The van der Waals surface area contributed by atoms with Crippen LogP contribution in [0.25, 0.3) is 0 Å². The summed E-state index contributed by atoms with van der Waals surface area (Å²) >= 11 is 0. The third-order valence-corrected chi connectivity index (χ3v) is 2.07. The van der Waals surface area contributed by atoms with Gasteiger partial charge in [-0.2, -0.15) is 0 Å². The van der Waals surface area contributed by atoms with E-state index in [1.54, 1.807) is 0 Å². The van der Waals surface area contributed by atoms with E-state index in [-0.39, 0.29) is 11.4 Å². The number of hydrogen-bond donors (Lipinski definition) is 1. The summed E-state index contributed by atoms with van der Waals surface area (Å²) in [5.41, 5.74) is 5.88. The van der Waals surface area contributed by atoms with E-state index < -0.39 is 9.85 Å². The van der Waals surface area contributed by atoms with Crippen LogP contribution in [-0.4, -0.2) is 9.85 Å². The van der Waals surface area contributed by atoms with E-state index in [0.717, 1.165) is 30.0 Å². The van der Waals surface area contributed by atoms with Crippen LogP contribution in [0.3, 0.4) is 0 Å². The van der Waals surface area contributed by atoms with Gasteiger partial charge in [0.15, 0.2) is 0 Å². The number of hydrogen-bond acceptors (Lipinski definition) is 5. The molecule has 0 atom stereocenters. The molecule has 0 aliphatic carbocycles. The molecule has 0 saturated heterocycles. The molecule has 0 spiro atoms. The van der Waals surface area contributed by atoms with E-state index in [9.17, 15) is 20.2 Å². The Morgan fingerprint density at radius 1 is 0.737 bits per heavy atom. The second-order valence-corrected chi connectivity index (χ2v) is 3.44. The minimum Gasteiger partial charge on any atom is -0.399 e. The molecule has 0 fully saturated rings. The fraction of sp³-hybridized carbons (Fsp3) is 0. The first-order valence-corrected chi connectivity index (χ1v) is 5.20. The third kappa shape index (κ3) is 4.82. The number of nitro groups is 2. The molecule has 7 heteroatoms. The minimum atomic E-state index is -0.607. The van der Waals surface area contributed by atoms with Gasteiger partial charge in [-0.1, -0.05) is 18.2 Å². The summed E-state index contributed by atoms with van der Waals surface area (Å²) in [5, 5.41) is 20.2. The maximum Gasteiger partial charge on any atom is 0.269 e. The molecule has 2 aromatic carbocycles. The average molecular weight is 261 g/mol. The number of nitrogens with two attached hydrogens (primary N) is 1. The molecule has 2 N–H and O–H groups in total. The van der Waals surface area contributed by atoms with E-state index in [1.807, 2.05) is 30.3 Å². The van der Waals surface area contributed by atoms with Crippen molar-refractivity contribution in [1.29, 1.82) is 0 Å². The molecule has 2 aromatic rings. The van der Waals surface area contributed by atoms with E-state index in [1.165, 1.54) is 0 Å². The van der Waals surface area contributed by atoms with Gasteiger partial charge in [0, 0.05) is 30.0 Å². The molecule has 0 saturated carbocycles. The lowest BCUT2D eigenvalue weighted by atomic mass is 10.3. The normalized spacial score (nSPS) is 9.05. The molecule has 7 nitrogen and oxygen atoms in total. The Bertz CT molecular complexity index is 522. The van der Waals surface area contributed by atoms with Crippen LogP contribution in [0.4, 0.5) is 17.1 Å². The van der Waals surface area contributed by atoms with Crippen molar-refractivity contribution in [2.75, 3.05) is 5.73 Å². The molecular weight excluding hydrogens is 250 g/mol. The van der Waals surface area contributed by atoms with Gasteiger partial charge in [0.1, 0.15) is 0 Å². The van der Waals surface area contributed by atoms with Crippen molar-refractivity contribution in [3.05, 3.63) is 74.8 Å². The number of anilines is 1. The number of nitrogen functional groups attached to an aromatic ring is 1. The molecule has 19 heavy (non-hydrogen) atoms. The van der Waals surface area contributed by atoms with Gasteiger partial charge in [0.25, 0.3) is 11.4 Å². The van der Waals surface area contributed by atoms with Crippen molar-refractivity contribution in [2.24, 2.45) is 0 Å². The summed E-state index contributed by atoms with van der Waals surface area (Å²) in [6.45, 7) is 0. The molecule has 0 aliphatic rings. The van der Waals surface area contributed by atoms with Crippen LogP contribution in [0.15, 0.2) is 54.6 Å². The largest absolute Gasteiger partial charge is 0.399 e. The highest BCUT2D eigenvalue weighted by Gasteiger charge is 2.08. The molecule has 2 rings (SSSR count). The molecular formula is C12H11N3O4. The third-order valence-electron chi connectivity index (χ3n) is 2.07. The molecule has 0 bridgehead atoms. The number of nitrogens with zero attached hydrogens (tertiary/aromatic N) is 2. The summed E-state index contributed by atoms with van der Waals surface area (Å²) in [6.07, 6.45) is 0. The summed E-state index contributed by atoms with van der Waals surface area (Å²) in [6, 6.07) is 13.9. The monoisotopic (exact) mass is 261 g/mol. The molecule has 0 radical (unpaired) electrons. The van der Waals surface area contributed by atoms with Crippen LogP contribution in [0.1, 0.15) is 0 Å². The average Bonchev–Trinajstić information content (AvgIpc) is 2.40. The number of para-hydroxylation sites is 1.